The number of fused-ring (bicyclic) bond motifs is 1. The van der Waals surface area contributed by atoms with Crippen LogP contribution in [-0.2, 0) is 0 Å². The molecule has 1 unspecified atom stereocenters. The minimum Gasteiger partial charge on any atom is -0.406 e. The molecule has 8 heteroatoms. The summed E-state index contributed by atoms with van der Waals surface area (Å²) in [5.41, 5.74) is 9.19. The Kier molecular flexibility index (Phi) is 4.21. The number of benzene rings is 2. The number of carbonyl (C=O) groups excluding carboxylic acids is 1. The molecule has 1 fully saturated rings. The second kappa shape index (κ2) is 6.54. The van der Waals surface area contributed by atoms with Gasteiger partial charge in [-0.2, -0.15) is 0 Å². The number of nitrogens with zero attached hydrogens (tertiary/aromatic N) is 1. The van der Waals surface area contributed by atoms with E-state index in [1.54, 1.807) is 23.1 Å². The molecule has 2 aromatic rings. The summed E-state index contributed by atoms with van der Waals surface area (Å²) >= 11 is 0. The molecule has 4 rings (SSSR count). The van der Waals surface area contributed by atoms with Crippen molar-refractivity contribution in [1.29, 1.82) is 0 Å². The van der Waals surface area contributed by atoms with Gasteiger partial charge in [-0.3, -0.25) is 0 Å². The number of likely N-dealkylation sites (tertiary alicyclic amines) is 1. The smallest absolute Gasteiger partial charge is 0.319 e. The molecule has 0 radical (unpaired) electrons. The van der Waals surface area contributed by atoms with Crippen LogP contribution in [0.1, 0.15) is 18.2 Å². The van der Waals surface area contributed by atoms with E-state index in [0.29, 0.717) is 30.0 Å². The Morgan fingerprint density at radius 3 is 2.65 bits per heavy atom. The highest BCUT2D eigenvalue weighted by atomic mass is 19.1. The van der Waals surface area contributed by atoms with Gasteiger partial charge in [0.25, 0.3) is 0 Å². The van der Waals surface area contributed by atoms with Gasteiger partial charge in [-0.05, 0) is 30.2 Å². The molecule has 6 nitrogen and oxygen atoms in total. The number of hydroxylamine groups is 1. The van der Waals surface area contributed by atoms with Crippen LogP contribution in [0.25, 0.3) is 11.1 Å². The molecule has 0 aromatic heterocycles. The molecule has 2 heterocycles. The molecule has 2 aliphatic rings. The maximum absolute atomic E-state index is 14.3. The zero-order valence-corrected chi connectivity index (χ0v) is 13.8. The predicted octanol–water partition coefficient (Wildman–Crippen LogP) is 2.27. The highest BCUT2D eigenvalue weighted by Crippen LogP contribution is 2.39. The van der Waals surface area contributed by atoms with Gasteiger partial charge in [0.05, 0.1) is 5.56 Å². The molecule has 2 amide bonds. The average molecular weight is 360 g/mol. The summed E-state index contributed by atoms with van der Waals surface area (Å²) in [5, 5.41) is 2.80. The van der Waals surface area contributed by atoms with E-state index in [1.807, 2.05) is 0 Å². The second-order valence-electron chi connectivity index (χ2n) is 6.41. The van der Waals surface area contributed by atoms with Gasteiger partial charge in [-0.25, -0.2) is 13.6 Å². The second-order valence-corrected chi connectivity index (χ2v) is 6.41. The topological polar surface area (TPSA) is 79.6 Å². The Morgan fingerprint density at radius 2 is 1.96 bits per heavy atom. The van der Waals surface area contributed by atoms with Crippen LogP contribution in [-0.4, -0.2) is 30.1 Å². The van der Waals surface area contributed by atoms with Crippen LogP contribution in [0.3, 0.4) is 0 Å². The molecule has 2 aromatic carbocycles. The lowest BCUT2D eigenvalue weighted by Gasteiger charge is -2.21. The summed E-state index contributed by atoms with van der Waals surface area (Å²) in [6.45, 7) is 1.03. The van der Waals surface area contributed by atoms with Crippen LogP contribution in [0.15, 0.2) is 36.4 Å². The summed E-state index contributed by atoms with van der Waals surface area (Å²) in [6.07, 6.45) is 0.00845. The minimum atomic E-state index is -0.732. The lowest BCUT2D eigenvalue weighted by Crippen LogP contribution is -2.44. The fourth-order valence-electron chi connectivity index (χ4n) is 3.37. The van der Waals surface area contributed by atoms with E-state index in [9.17, 15) is 13.6 Å². The number of nitrogens with two attached hydrogens (primary N) is 1. The summed E-state index contributed by atoms with van der Waals surface area (Å²) in [6, 6.07) is 8.26. The summed E-state index contributed by atoms with van der Waals surface area (Å²) < 4.78 is 28.5. The van der Waals surface area contributed by atoms with Gasteiger partial charge < -0.3 is 20.8 Å². The predicted molar refractivity (Wildman–Crippen MR) is 91.0 cm³/mol. The Bertz CT molecular complexity index is 841. The first-order valence-electron chi connectivity index (χ1n) is 8.35. The van der Waals surface area contributed by atoms with Crippen molar-refractivity contribution in [3.8, 4) is 16.9 Å². The number of rotatable bonds is 2. The van der Waals surface area contributed by atoms with Gasteiger partial charge in [0, 0.05) is 24.7 Å². The van der Waals surface area contributed by atoms with E-state index < -0.39 is 17.8 Å². The van der Waals surface area contributed by atoms with Crippen LogP contribution in [0.4, 0.5) is 13.6 Å². The Hall–Kier alpha value is -2.71. The van der Waals surface area contributed by atoms with Gasteiger partial charge >= 0.3 is 6.03 Å². The van der Waals surface area contributed by atoms with E-state index in [4.69, 9.17) is 10.6 Å². The van der Waals surface area contributed by atoms with Crippen molar-refractivity contribution in [2.75, 3.05) is 13.1 Å². The molecular formula is C18H18F2N4O2. The minimum absolute atomic E-state index is 0.0381. The van der Waals surface area contributed by atoms with Crippen molar-refractivity contribution >= 4 is 6.03 Å². The van der Waals surface area contributed by atoms with Crippen LogP contribution in [0.2, 0.25) is 0 Å². The molecular weight excluding hydrogens is 342 g/mol. The Balaban J connectivity index is 1.67. The maximum Gasteiger partial charge on any atom is 0.319 e. The van der Waals surface area contributed by atoms with Crippen molar-refractivity contribution in [3.63, 3.8) is 0 Å². The lowest BCUT2D eigenvalue weighted by atomic mass is 9.96. The van der Waals surface area contributed by atoms with Crippen LogP contribution in [0, 0.1) is 11.6 Å². The zero-order valence-electron chi connectivity index (χ0n) is 13.8. The van der Waals surface area contributed by atoms with Crippen molar-refractivity contribution in [3.05, 3.63) is 53.6 Å². The summed E-state index contributed by atoms with van der Waals surface area (Å²) in [4.78, 5) is 19.4. The zero-order chi connectivity index (χ0) is 18.3. The first kappa shape index (κ1) is 16.7. The van der Waals surface area contributed by atoms with E-state index in [1.165, 1.54) is 18.2 Å². The first-order valence-corrected chi connectivity index (χ1v) is 8.35. The fourth-order valence-corrected chi connectivity index (χ4v) is 3.37. The van der Waals surface area contributed by atoms with Gasteiger partial charge in [-0.15, -0.1) is 5.48 Å². The molecule has 4 N–H and O–H groups in total. The number of amides is 2. The van der Waals surface area contributed by atoms with E-state index in [-0.39, 0.29) is 17.6 Å². The van der Waals surface area contributed by atoms with Crippen LogP contribution in [0.5, 0.6) is 5.75 Å². The molecule has 0 spiro atoms. The van der Waals surface area contributed by atoms with Crippen LogP contribution < -0.4 is 21.4 Å². The number of hydrogen-bond donors (Lipinski definition) is 3. The van der Waals surface area contributed by atoms with Crippen LogP contribution >= 0.6 is 0 Å². The SMILES string of the molecule is N[C@H]1CCN(C(=O)NC2NOc3cccc(-c4c(F)cccc4F)c32)C1. The third-order valence-electron chi connectivity index (χ3n) is 4.65. The number of nitrogens with one attached hydrogen (secondary N) is 2. The molecule has 26 heavy (non-hydrogen) atoms. The van der Waals surface area contributed by atoms with Gasteiger partial charge in [-0.1, -0.05) is 18.2 Å². The molecule has 2 aliphatic heterocycles. The molecule has 0 aliphatic carbocycles. The van der Waals surface area contributed by atoms with Gasteiger partial charge in [0.1, 0.15) is 17.8 Å². The third kappa shape index (κ3) is 2.87. The molecule has 136 valence electrons. The van der Waals surface area contributed by atoms with E-state index in [2.05, 4.69) is 10.8 Å². The van der Waals surface area contributed by atoms with Gasteiger partial charge in [0.2, 0.25) is 0 Å². The van der Waals surface area contributed by atoms with Crippen molar-refractivity contribution in [2.45, 2.75) is 18.6 Å². The maximum atomic E-state index is 14.3. The van der Waals surface area contributed by atoms with Crippen molar-refractivity contribution in [1.82, 2.24) is 15.7 Å². The number of carbonyl (C=O) groups is 1. The quantitative estimate of drug-likeness (QED) is 0.768. The highest BCUT2D eigenvalue weighted by Gasteiger charge is 2.33. The van der Waals surface area contributed by atoms with Crippen molar-refractivity contribution < 1.29 is 18.4 Å². The Labute approximate surface area is 148 Å². The number of urea groups is 1. The Morgan fingerprint density at radius 1 is 1.23 bits per heavy atom. The van der Waals surface area contributed by atoms with Crippen molar-refractivity contribution in [2.24, 2.45) is 5.73 Å². The molecule has 1 saturated heterocycles. The summed E-state index contributed by atoms with van der Waals surface area (Å²) in [7, 11) is 0. The summed E-state index contributed by atoms with van der Waals surface area (Å²) in [5.74, 6) is -0.949. The molecule has 2 atom stereocenters. The first-order chi connectivity index (χ1) is 12.5. The fraction of sp³-hybridized carbons (Fsp3) is 0.278. The highest BCUT2D eigenvalue weighted by molar-refractivity contribution is 5.78. The number of halogens is 2. The molecule has 0 bridgehead atoms. The standard InChI is InChI=1S/C18H18F2N4O2/c19-12-4-2-5-13(20)15(12)11-3-1-6-14-16(11)17(23-26-14)22-18(25)24-8-7-10(21)9-24/h1-6,10,17,23H,7-9,21H2,(H,22,25)/t10-,17?/m0/s1. The van der Waals surface area contributed by atoms with E-state index >= 15 is 0 Å². The third-order valence-corrected chi connectivity index (χ3v) is 4.65. The van der Waals surface area contributed by atoms with E-state index in [0.717, 1.165) is 6.42 Å². The average Bonchev–Trinajstić information content (AvgIpc) is 3.22. The normalized spacial score (nSPS) is 21.4. The van der Waals surface area contributed by atoms with Gasteiger partial charge in [0.15, 0.2) is 5.75 Å². The largest absolute Gasteiger partial charge is 0.406 e. The molecule has 0 saturated carbocycles. The number of hydrogen-bond acceptors (Lipinski definition) is 4. The monoisotopic (exact) mass is 360 g/mol. The lowest BCUT2D eigenvalue weighted by molar-refractivity contribution is 0.163.